The number of hydrogen-bond acceptors (Lipinski definition) is 4. The number of rotatable bonds is 6. The molecule has 3 aromatic heterocycles. The number of para-hydroxylation sites is 2. The summed E-state index contributed by atoms with van der Waals surface area (Å²) in [5, 5.41) is 4.83. The average molecular weight is 733 g/mol. The predicted octanol–water partition coefficient (Wildman–Crippen LogP) is 13.7. The van der Waals surface area contributed by atoms with E-state index in [0.29, 0.717) is 17.5 Å². The van der Waals surface area contributed by atoms with Crippen LogP contribution in [-0.4, -0.2) is 19.5 Å². The van der Waals surface area contributed by atoms with Crippen molar-refractivity contribution in [1.29, 1.82) is 0 Å². The van der Waals surface area contributed by atoms with Crippen LogP contribution in [0.4, 0.5) is 0 Å². The second-order valence-corrected chi connectivity index (χ2v) is 15.0. The zero-order valence-electron chi connectivity index (χ0n) is 30.2. The van der Waals surface area contributed by atoms with Gasteiger partial charge in [-0.15, -0.1) is 11.3 Å². The molecule has 0 fully saturated rings. The van der Waals surface area contributed by atoms with Gasteiger partial charge in [0.2, 0.25) is 0 Å². The summed E-state index contributed by atoms with van der Waals surface area (Å²) in [6.07, 6.45) is 0. The fourth-order valence-corrected chi connectivity index (χ4v) is 9.35. The summed E-state index contributed by atoms with van der Waals surface area (Å²) in [4.78, 5) is 16.0. The minimum Gasteiger partial charge on any atom is -0.309 e. The lowest BCUT2D eigenvalue weighted by atomic mass is 9.91. The van der Waals surface area contributed by atoms with E-state index >= 15 is 0 Å². The molecule has 0 aliphatic rings. The van der Waals surface area contributed by atoms with E-state index in [9.17, 15) is 0 Å². The van der Waals surface area contributed by atoms with Crippen LogP contribution in [0.3, 0.4) is 0 Å². The molecule has 0 amide bonds. The Bertz CT molecular complexity index is 3250. The van der Waals surface area contributed by atoms with Crippen molar-refractivity contribution >= 4 is 53.3 Å². The van der Waals surface area contributed by atoms with Gasteiger partial charge in [-0.25, -0.2) is 15.0 Å². The van der Waals surface area contributed by atoms with Crippen LogP contribution in [-0.2, 0) is 0 Å². The zero-order chi connectivity index (χ0) is 37.0. The Balaban J connectivity index is 1.17. The quantitative estimate of drug-likeness (QED) is 0.171. The molecule has 0 saturated heterocycles. The number of nitrogens with zero attached hydrogens (tertiary/aromatic N) is 4. The Labute approximate surface area is 327 Å². The van der Waals surface area contributed by atoms with Gasteiger partial charge in [0.1, 0.15) is 0 Å². The standard InChI is InChI=1S/C51H32N4S/c1-3-16-33(17-4-1)36-20-7-8-21-37(36)38-22-9-10-25-43(38)50-52-49(53-51(54-50)44-27-15-26-42-41-24-12-14-29-47(41)56-48(42)44)34-30-31-40-39-23-11-13-28-45(39)55(46(40)32-34)35-18-5-2-6-19-35/h1-32H. The number of benzene rings is 8. The topological polar surface area (TPSA) is 43.6 Å². The first-order chi connectivity index (χ1) is 27.8. The highest BCUT2D eigenvalue weighted by Crippen LogP contribution is 2.42. The first kappa shape index (κ1) is 32.2. The Morgan fingerprint density at radius 1 is 0.339 bits per heavy atom. The fraction of sp³-hybridized carbons (Fsp3) is 0. The SMILES string of the molecule is c1ccc(-c2ccccc2-c2ccccc2-c2nc(-c3ccc4c5ccccc5n(-c5ccccc5)c4c3)nc(-c3cccc4c3sc3ccccc34)n2)cc1. The van der Waals surface area contributed by atoms with E-state index in [1.807, 2.05) is 0 Å². The van der Waals surface area contributed by atoms with Gasteiger partial charge in [-0.1, -0.05) is 158 Å². The number of thiophene rings is 1. The van der Waals surface area contributed by atoms with Crippen LogP contribution in [0.15, 0.2) is 194 Å². The van der Waals surface area contributed by atoms with Crippen LogP contribution in [0.25, 0.3) is 104 Å². The first-order valence-corrected chi connectivity index (χ1v) is 19.6. The molecule has 5 heteroatoms. The first-order valence-electron chi connectivity index (χ1n) is 18.8. The summed E-state index contributed by atoms with van der Waals surface area (Å²) in [5.74, 6) is 1.91. The highest BCUT2D eigenvalue weighted by Gasteiger charge is 2.21. The highest BCUT2D eigenvalue weighted by atomic mass is 32.1. The van der Waals surface area contributed by atoms with Crippen molar-refractivity contribution in [3.63, 3.8) is 0 Å². The van der Waals surface area contributed by atoms with Gasteiger partial charge in [0.05, 0.1) is 11.0 Å². The summed E-state index contributed by atoms with van der Waals surface area (Å²) < 4.78 is 4.75. The van der Waals surface area contributed by atoms with E-state index in [-0.39, 0.29) is 0 Å². The Kier molecular flexibility index (Phi) is 7.64. The molecule has 8 aromatic carbocycles. The number of fused-ring (bicyclic) bond motifs is 6. The molecule has 0 aliphatic carbocycles. The van der Waals surface area contributed by atoms with E-state index < -0.39 is 0 Å². The highest BCUT2D eigenvalue weighted by molar-refractivity contribution is 7.26. The van der Waals surface area contributed by atoms with E-state index in [1.165, 1.54) is 30.9 Å². The summed E-state index contributed by atoms with van der Waals surface area (Å²) >= 11 is 1.79. The second kappa shape index (κ2) is 13.3. The second-order valence-electron chi connectivity index (χ2n) is 14.0. The van der Waals surface area contributed by atoms with Gasteiger partial charge in [0, 0.05) is 53.3 Å². The maximum Gasteiger partial charge on any atom is 0.165 e. The van der Waals surface area contributed by atoms with Gasteiger partial charge in [-0.3, -0.25) is 0 Å². The van der Waals surface area contributed by atoms with E-state index in [4.69, 9.17) is 15.0 Å². The van der Waals surface area contributed by atoms with Crippen LogP contribution in [0, 0.1) is 0 Å². The molecular formula is C51H32N4S. The molecule has 0 saturated carbocycles. The molecule has 0 atom stereocenters. The molecule has 0 spiro atoms. The van der Waals surface area contributed by atoms with E-state index in [0.717, 1.165) is 55.7 Å². The van der Waals surface area contributed by atoms with Crippen LogP contribution >= 0.6 is 11.3 Å². The lowest BCUT2D eigenvalue weighted by Gasteiger charge is -2.15. The Hall–Kier alpha value is -7.21. The third-order valence-electron chi connectivity index (χ3n) is 10.7. The van der Waals surface area contributed by atoms with Crippen LogP contribution in [0.1, 0.15) is 0 Å². The van der Waals surface area contributed by atoms with Crippen molar-refractivity contribution in [2.45, 2.75) is 0 Å². The Morgan fingerprint density at radius 3 is 1.70 bits per heavy atom. The molecule has 4 nitrogen and oxygen atoms in total. The van der Waals surface area contributed by atoms with Gasteiger partial charge in [-0.2, -0.15) is 0 Å². The van der Waals surface area contributed by atoms with Crippen molar-refractivity contribution in [3.8, 4) is 62.1 Å². The summed E-state index contributed by atoms with van der Waals surface area (Å²) in [6.45, 7) is 0. The van der Waals surface area contributed by atoms with E-state index in [2.05, 4.69) is 199 Å². The maximum atomic E-state index is 5.35. The monoisotopic (exact) mass is 732 g/mol. The smallest absolute Gasteiger partial charge is 0.165 e. The van der Waals surface area contributed by atoms with Crippen LogP contribution in [0.2, 0.25) is 0 Å². The molecule has 262 valence electrons. The largest absolute Gasteiger partial charge is 0.309 e. The molecular weight excluding hydrogens is 701 g/mol. The van der Waals surface area contributed by atoms with Gasteiger partial charge >= 0.3 is 0 Å². The molecule has 11 rings (SSSR count). The molecule has 0 bridgehead atoms. The molecule has 0 N–H and O–H groups in total. The van der Waals surface area contributed by atoms with Crippen molar-refractivity contribution < 1.29 is 0 Å². The third-order valence-corrected chi connectivity index (χ3v) is 11.9. The van der Waals surface area contributed by atoms with Crippen molar-refractivity contribution in [2.75, 3.05) is 0 Å². The predicted molar refractivity (Wildman–Crippen MR) is 234 cm³/mol. The summed E-state index contributed by atoms with van der Waals surface area (Å²) in [6, 6.07) is 68.5. The molecule has 11 aromatic rings. The number of hydrogen-bond donors (Lipinski definition) is 0. The maximum absolute atomic E-state index is 5.35. The summed E-state index contributed by atoms with van der Waals surface area (Å²) in [7, 11) is 0. The third kappa shape index (κ3) is 5.32. The van der Waals surface area contributed by atoms with Crippen molar-refractivity contribution in [2.24, 2.45) is 0 Å². The van der Waals surface area contributed by atoms with Gasteiger partial charge in [0.15, 0.2) is 17.5 Å². The number of aromatic nitrogens is 4. The fourth-order valence-electron chi connectivity index (χ4n) is 8.13. The Morgan fingerprint density at radius 2 is 0.893 bits per heavy atom. The van der Waals surface area contributed by atoms with Crippen LogP contribution in [0.5, 0.6) is 0 Å². The van der Waals surface area contributed by atoms with Gasteiger partial charge in [-0.05, 0) is 58.7 Å². The van der Waals surface area contributed by atoms with E-state index in [1.54, 1.807) is 11.3 Å². The average Bonchev–Trinajstić information content (AvgIpc) is 3.82. The van der Waals surface area contributed by atoms with Crippen molar-refractivity contribution in [1.82, 2.24) is 19.5 Å². The lowest BCUT2D eigenvalue weighted by Crippen LogP contribution is -2.02. The molecule has 56 heavy (non-hydrogen) atoms. The minimum atomic E-state index is 0.626. The molecule has 0 radical (unpaired) electrons. The lowest BCUT2D eigenvalue weighted by molar-refractivity contribution is 1.08. The zero-order valence-corrected chi connectivity index (χ0v) is 31.0. The molecule has 0 unspecified atom stereocenters. The molecule has 3 heterocycles. The van der Waals surface area contributed by atoms with Gasteiger partial charge < -0.3 is 4.57 Å². The van der Waals surface area contributed by atoms with Gasteiger partial charge in [0.25, 0.3) is 0 Å². The van der Waals surface area contributed by atoms with Crippen LogP contribution < -0.4 is 0 Å². The normalized spacial score (nSPS) is 11.6. The summed E-state index contributed by atoms with van der Waals surface area (Å²) in [5.41, 5.74) is 10.7. The molecule has 0 aliphatic heterocycles. The van der Waals surface area contributed by atoms with Crippen molar-refractivity contribution in [3.05, 3.63) is 194 Å². The minimum absolute atomic E-state index is 0.626.